The molecule has 11 heteroatoms. The fraction of sp³-hybridized carbons (Fsp3) is 0.485. The number of morpholine rings is 1. The number of hydrogen-bond donors (Lipinski definition) is 1. The predicted molar refractivity (Wildman–Crippen MR) is 160 cm³/mol. The Labute approximate surface area is 252 Å². The maximum atomic E-state index is 16.8. The zero-order valence-electron chi connectivity index (χ0n) is 24.6. The molecule has 5 heterocycles. The zero-order valence-corrected chi connectivity index (χ0v) is 24.6. The van der Waals surface area contributed by atoms with Crippen LogP contribution in [0.3, 0.4) is 0 Å². The van der Waals surface area contributed by atoms with Gasteiger partial charge in [0.05, 0.1) is 23.1 Å². The fourth-order valence-electron chi connectivity index (χ4n) is 7.66. The summed E-state index contributed by atoms with van der Waals surface area (Å²) >= 11 is 0. The van der Waals surface area contributed by atoms with E-state index >= 15 is 4.39 Å². The van der Waals surface area contributed by atoms with E-state index in [1.165, 1.54) is 18.2 Å². The first-order chi connectivity index (χ1) is 21.3. The van der Waals surface area contributed by atoms with Crippen molar-refractivity contribution < 1.29 is 27.8 Å². The van der Waals surface area contributed by atoms with Gasteiger partial charge in [0.2, 0.25) is 0 Å². The van der Waals surface area contributed by atoms with Gasteiger partial charge in [-0.1, -0.05) is 13.0 Å². The molecule has 0 amide bonds. The number of ether oxygens (including phenoxy) is 2. The summed E-state index contributed by atoms with van der Waals surface area (Å²) in [6.45, 7) is 4.95. The number of alkyl halides is 1. The molecule has 0 unspecified atom stereocenters. The Balaban J connectivity index is 1.27. The highest BCUT2D eigenvalue weighted by Crippen LogP contribution is 2.45. The summed E-state index contributed by atoms with van der Waals surface area (Å²) in [7, 11) is 0. The molecule has 8 rings (SSSR count). The number of rotatable bonds is 6. The summed E-state index contributed by atoms with van der Waals surface area (Å²) < 4.78 is 58.4. The molecule has 230 valence electrons. The molecule has 3 aliphatic heterocycles. The van der Waals surface area contributed by atoms with Crippen LogP contribution in [0.5, 0.6) is 11.8 Å². The molecule has 2 atom stereocenters. The van der Waals surface area contributed by atoms with Gasteiger partial charge < -0.3 is 19.5 Å². The van der Waals surface area contributed by atoms with E-state index < -0.39 is 23.3 Å². The van der Waals surface area contributed by atoms with Crippen molar-refractivity contribution in [1.29, 1.82) is 0 Å². The summed E-state index contributed by atoms with van der Waals surface area (Å²) in [5.41, 5.74) is 0.0316. The van der Waals surface area contributed by atoms with E-state index in [-0.39, 0.29) is 40.7 Å². The van der Waals surface area contributed by atoms with Gasteiger partial charge in [-0.15, -0.1) is 0 Å². The molecule has 2 aromatic carbocycles. The van der Waals surface area contributed by atoms with Crippen molar-refractivity contribution in [3.05, 3.63) is 47.7 Å². The van der Waals surface area contributed by atoms with Gasteiger partial charge in [0.15, 0.2) is 5.82 Å². The van der Waals surface area contributed by atoms with E-state index in [9.17, 15) is 13.9 Å². The second-order valence-corrected chi connectivity index (χ2v) is 12.8. The van der Waals surface area contributed by atoms with E-state index in [1.54, 1.807) is 12.3 Å². The molecule has 4 aliphatic rings. The molecule has 1 spiro atoms. The van der Waals surface area contributed by atoms with Crippen molar-refractivity contribution >= 4 is 27.5 Å². The average molecular weight is 606 g/mol. The minimum absolute atomic E-state index is 0.0180. The van der Waals surface area contributed by atoms with Gasteiger partial charge in [-0.05, 0) is 73.2 Å². The number of benzene rings is 2. The Morgan fingerprint density at radius 1 is 1.14 bits per heavy atom. The third-order valence-corrected chi connectivity index (χ3v) is 9.99. The second-order valence-electron chi connectivity index (χ2n) is 12.8. The van der Waals surface area contributed by atoms with Crippen molar-refractivity contribution in [1.82, 2.24) is 19.9 Å². The van der Waals surface area contributed by atoms with Crippen LogP contribution in [0.4, 0.5) is 19.0 Å². The number of phenols is 1. The Morgan fingerprint density at radius 2 is 2.00 bits per heavy atom. The van der Waals surface area contributed by atoms with E-state index in [2.05, 4.69) is 19.8 Å². The fourth-order valence-corrected chi connectivity index (χ4v) is 7.66. The van der Waals surface area contributed by atoms with Crippen molar-refractivity contribution in [3.8, 4) is 23.0 Å². The first-order valence-electron chi connectivity index (χ1n) is 15.5. The largest absolute Gasteiger partial charge is 0.508 e. The number of aromatic nitrogens is 3. The lowest BCUT2D eigenvalue weighted by molar-refractivity contribution is 0.0204. The third-order valence-electron chi connectivity index (χ3n) is 9.99. The monoisotopic (exact) mass is 605 g/mol. The maximum absolute atomic E-state index is 16.8. The standard InChI is InChI=1S/C33H34F3N5O3/c1-2-22-25(35)5-4-19-12-21(42)13-23(26(19)22)28-27(36)29-24(15-37-28)30(40-10-11-44-33(17-40)7-8-33)39-31(38-29)43-18-32-6-3-9-41(32)16-20(34)14-32/h4-5,12-13,15,20,42H,2-3,6-11,14,16-18H2,1H3/t20-,32+/m1/s1. The minimum Gasteiger partial charge on any atom is -0.508 e. The first-order valence-corrected chi connectivity index (χ1v) is 15.5. The number of halogens is 3. The number of anilines is 1. The van der Waals surface area contributed by atoms with Crippen LogP contribution >= 0.6 is 0 Å². The van der Waals surface area contributed by atoms with E-state index in [1.807, 2.05) is 6.92 Å². The lowest BCUT2D eigenvalue weighted by Gasteiger charge is -2.35. The lowest BCUT2D eigenvalue weighted by atomic mass is 9.94. The number of phenolic OH excluding ortho intramolecular Hbond substituents is 1. The second kappa shape index (κ2) is 10.2. The summed E-state index contributed by atoms with van der Waals surface area (Å²) in [6, 6.07) is 5.89. The van der Waals surface area contributed by atoms with Crippen LogP contribution in [0.25, 0.3) is 32.9 Å². The van der Waals surface area contributed by atoms with Crippen LogP contribution in [0.15, 0.2) is 30.5 Å². The Kier molecular flexibility index (Phi) is 6.43. The highest BCUT2D eigenvalue weighted by molar-refractivity contribution is 6.01. The number of fused-ring (bicyclic) bond motifs is 3. The van der Waals surface area contributed by atoms with E-state index in [0.717, 1.165) is 32.2 Å². The zero-order chi connectivity index (χ0) is 30.2. The van der Waals surface area contributed by atoms with Gasteiger partial charge >= 0.3 is 6.01 Å². The smallest absolute Gasteiger partial charge is 0.319 e. The van der Waals surface area contributed by atoms with E-state index in [0.29, 0.717) is 66.6 Å². The van der Waals surface area contributed by atoms with Crippen molar-refractivity contribution in [3.63, 3.8) is 0 Å². The summed E-state index contributed by atoms with van der Waals surface area (Å²) in [4.78, 5) is 18.1. The Hall–Kier alpha value is -3.70. The van der Waals surface area contributed by atoms with Gasteiger partial charge in [0.1, 0.15) is 41.4 Å². The number of aromatic hydroxyl groups is 1. The first kappa shape index (κ1) is 27.8. The molecule has 8 nitrogen and oxygen atoms in total. The number of pyridine rings is 1. The van der Waals surface area contributed by atoms with Crippen LogP contribution in [0.1, 0.15) is 44.6 Å². The highest BCUT2D eigenvalue weighted by Gasteiger charge is 2.50. The average Bonchev–Trinajstić information content (AvgIpc) is 3.51. The molecule has 3 saturated heterocycles. The molecule has 1 N–H and O–H groups in total. The van der Waals surface area contributed by atoms with Gasteiger partial charge in [0, 0.05) is 37.8 Å². The molecule has 1 saturated carbocycles. The molecule has 4 aromatic rings. The van der Waals surface area contributed by atoms with Crippen LogP contribution in [-0.4, -0.2) is 81.7 Å². The number of nitrogens with zero attached hydrogens (tertiary/aromatic N) is 5. The molecule has 0 bridgehead atoms. The SMILES string of the molecule is CCc1c(F)ccc2cc(O)cc(-c3ncc4c(N5CCOC6(CC6)C5)nc(OC[C@@]56CCCN5C[C@H](F)C6)nc4c3F)c12. The topological polar surface area (TPSA) is 83.8 Å². The predicted octanol–water partition coefficient (Wildman–Crippen LogP) is 5.72. The molecular formula is C33H34F3N5O3. The van der Waals surface area contributed by atoms with Crippen LogP contribution < -0.4 is 9.64 Å². The third kappa shape index (κ3) is 4.46. The van der Waals surface area contributed by atoms with Crippen molar-refractivity contribution in [2.45, 2.75) is 62.8 Å². The Morgan fingerprint density at radius 3 is 2.82 bits per heavy atom. The van der Waals surface area contributed by atoms with Crippen LogP contribution in [-0.2, 0) is 11.2 Å². The molecule has 44 heavy (non-hydrogen) atoms. The molecular weight excluding hydrogens is 571 g/mol. The molecule has 0 radical (unpaired) electrons. The van der Waals surface area contributed by atoms with Crippen LogP contribution in [0.2, 0.25) is 0 Å². The summed E-state index contributed by atoms with van der Waals surface area (Å²) in [5.74, 6) is -0.693. The van der Waals surface area contributed by atoms with Crippen molar-refractivity contribution in [2.75, 3.05) is 44.3 Å². The molecule has 1 aliphatic carbocycles. The van der Waals surface area contributed by atoms with Gasteiger partial charge in [-0.25, -0.2) is 13.2 Å². The van der Waals surface area contributed by atoms with E-state index in [4.69, 9.17) is 14.5 Å². The molecule has 4 fully saturated rings. The van der Waals surface area contributed by atoms with Crippen molar-refractivity contribution in [2.24, 2.45) is 0 Å². The van der Waals surface area contributed by atoms with Gasteiger partial charge in [0.25, 0.3) is 0 Å². The maximum Gasteiger partial charge on any atom is 0.319 e. The normalized spacial score (nSPS) is 24.5. The Bertz CT molecular complexity index is 1800. The quantitative estimate of drug-likeness (QED) is 0.299. The number of hydrogen-bond acceptors (Lipinski definition) is 8. The summed E-state index contributed by atoms with van der Waals surface area (Å²) in [5, 5.41) is 12.0. The summed E-state index contributed by atoms with van der Waals surface area (Å²) in [6.07, 6.45) is 5.11. The number of aryl methyl sites for hydroxylation is 1. The highest BCUT2D eigenvalue weighted by atomic mass is 19.1. The molecule has 2 aromatic heterocycles. The lowest BCUT2D eigenvalue weighted by Crippen LogP contribution is -2.45. The van der Waals surface area contributed by atoms with Gasteiger partial charge in [-0.2, -0.15) is 9.97 Å². The van der Waals surface area contributed by atoms with Gasteiger partial charge in [-0.3, -0.25) is 9.88 Å². The minimum atomic E-state index is -0.906. The van der Waals surface area contributed by atoms with Crippen LogP contribution in [0, 0.1) is 11.6 Å².